The number of aromatic amines is 1. The molecule has 0 aliphatic rings. The molecule has 1 rings (SSSR count). The molecule has 1 aromatic rings. The minimum absolute atomic E-state index is 0.436. The van der Waals surface area contributed by atoms with Crippen molar-refractivity contribution in [3.05, 3.63) is 29.2 Å². The lowest BCUT2D eigenvalue weighted by Crippen LogP contribution is -2.23. The van der Waals surface area contributed by atoms with E-state index in [4.69, 9.17) is 5.73 Å². The number of nitrogens with zero attached hydrogens (tertiary/aromatic N) is 1. The molecule has 0 amide bonds. The Hall–Kier alpha value is -1.35. The van der Waals surface area contributed by atoms with Gasteiger partial charge in [0.25, 0.3) is 0 Å². The molecule has 0 aliphatic carbocycles. The Morgan fingerprint density at radius 2 is 2.42 bits per heavy atom. The van der Waals surface area contributed by atoms with Gasteiger partial charge in [-0.25, -0.2) is 4.98 Å². The molecule has 12 heavy (non-hydrogen) atoms. The van der Waals surface area contributed by atoms with Crippen molar-refractivity contribution < 1.29 is 0 Å². The van der Waals surface area contributed by atoms with Gasteiger partial charge in [0, 0.05) is 0 Å². The third-order valence-electron chi connectivity index (χ3n) is 1.57. The first-order valence-corrected chi connectivity index (χ1v) is 3.86. The van der Waals surface area contributed by atoms with E-state index in [2.05, 4.69) is 16.5 Å². The van der Waals surface area contributed by atoms with E-state index < -0.39 is 0 Å². The van der Waals surface area contributed by atoms with Crippen LogP contribution in [0.25, 0.3) is 12.2 Å². The van der Waals surface area contributed by atoms with Gasteiger partial charge in [-0.3, -0.25) is 0 Å². The summed E-state index contributed by atoms with van der Waals surface area (Å²) < 4.78 is 0. The second kappa shape index (κ2) is 3.88. The number of rotatable bonds is 2. The summed E-state index contributed by atoms with van der Waals surface area (Å²) >= 11 is 0. The predicted octanol–water partition coefficient (Wildman–Crippen LogP) is -0.365. The summed E-state index contributed by atoms with van der Waals surface area (Å²) in [5.41, 5.74) is 5.44. The van der Waals surface area contributed by atoms with Crippen LogP contribution in [0.15, 0.2) is 12.7 Å². The molecule has 3 nitrogen and oxygen atoms in total. The number of allylic oxidation sites excluding steroid dienone is 1. The van der Waals surface area contributed by atoms with Crippen LogP contribution in [0, 0.1) is 0 Å². The monoisotopic (exact) mass is 163 g/mol. The number of nitrogens with one attached hydrogen (secondary N) is 1. The van der Waals surface area contributed by atoms with Crippen LogP contribution >= 0.6 is 0 Å². The highest BCUT2D eigenvalue weighted by Crippen LogP contribution is 1.75. The van der Waals surface area contributed by atoms with Crippen LogP contribution < -0.4 is 16.4 Å². The van der Waals surface area contributed by atoms with Crippen LogP contribution in [-0.2, 0) is 6.54 Å². The molecule has 0 unspecified atom stereocenters. The van der Waals surface area contributed by atoms with Crippen LogP contribution in [0.3, 0.4) is 0 Å². The molecule has 0 bridgehead atoms. The first-order chi connectivity index (χ1) is 5.81. The molecule has 0 aromatic carbocycles. The lowest BCUT2D eigenvalue weighted by Gasteiger charge is -1.81. The van der Waals surface area contributed by atoms with Crippen LogP contribution in [0.2, 0.25) is 0 Å². The van der Waals surface area contributed by atoms with Crippen molar-refractivity contribution in [2.24, 2.45) is 5.73 Å². The average Bonchev–Trinajstić information content (AvgIpc) is 2.48. The van der Waals surface area contributed by atoms with Crippen LogP contribution in [-0.4, -0.2) is 9.97 Å². The van der Waals surface area contributed by atoms with E-state index >= 15 is 0 Å². The minimum atomic E-state index is 0.436. The summed E-state index contributed by atoms with van der Waals surface area (Å²) in [7, 11) is 0. The molecule has 3 N–H and O–H groups in total. The van der Waals surface area contributed by atoms with E-state index in [9.17, 15) is 0 Å². The maximum atomic E-state index is 5.44. The van der Waals surface area contributed by atoms with Crippen molar-refractivity contribution in [2.75, 3.05) is 0 Å². The highest BCUT2D eigenvalue weighted by atomic mass is 14.9. The zero-order chi connectivity index (χ0) is 8.97. The normalized spacial score (nSPS) is 13.8. The first kappa shape index (κ1) is 8.74. The smallest absolute Gasteiger partial charge is 0.121 e. The Bertz CT molecular complexity index is 373. The molecule has 0 fully saturated rings. The number of hydrogen-bond donors (Lipinski definition) is 2. The molecule has 64 valence electrons. The lowest BCUT2D eigenvalue weighted by atomic mass is 10.4. The number of imidazole rings is 1. The van der Waals surface area contributed by atoms with Gasteiger partial charge in [-0.05, 0) is 13.0 Å². The molecular weight excluding hydrogens is 150 g/mol. The van der Waals surface area contributed by atoms with Gasteiger partial charge < -0.3 is 10.7 Å². The Kier molecular flexibility index (Phi) is 2.82. The topological polar surface area (TPSA) is 54.7 Å². The zero-order valence-electron chi connectivity index (χ0n) is 7.17. The van der Waals surface area contributed by atoms with Crippen molar-refractivity contribution in [1.29, 1.82) is 0 Å². The van der Waals surface area contributed by atoms with Crippen molar-refractivity contribution in [2.45, 2.75) is 13.5 Å². The second-order valence-electron chi connectivity index (χ2n) is 2.38. The predicted molar refractivity (Wildman–Crippen MR) is 50.5 cm³/mol. The van der Waals surface area contributed by atoms with Gasteiger partial charge in [0.1, 0.15) is 5.82 Å². The quantitative estimate of drug-likeness (QED) is 0.625. The second-order valence-corrected chi connectivity index (χ2v) is 2.38. The molecule has 0 atom stereocenters. The van der Waals surface area contributed by atoms with Crippen LogP contribution in [0.4, 0.5) is 0 Å². The maximum absolute atomic E-state index is 5.44. The Labute approximate surface area is 71.3 Å². The molecule has 0 aliphatic heterocycles. The minimum Gasteiger partial charge on any atom is -0.341 e. The van der Waals surface area contributed by atoms with Gasteiger partial charge in [-0.2, -0.15) is 0 Å². The molecule has 0 saturated carbocycles. The fraction of sp³-hybridized carbons (Fsp3) is 0.222. The van der Waals surface area contributed by atoms with E-state index in [1.54, 1.807) is 6.08 Å². The van der Waals surface area contributed by atoms with Gasteiger partial charge in [-0.1, -0.05) is 18.7 Å². The summed E-state index contributed by atoms with van der Waals surface area (Å²) in [4.78, 5) is 7.35. The van der Waals surface area contributed by atoms with Crippen molar-refractivity contribution >= 4 is 12.2 Å². The molecule has 0 saturated heterocycles. The van der Waals surface area contributed by atoms with E-state index in [-0.39, 0.29) is 0 Å². The molecular formula is C9H13N3. The highest BCUT2D eigenvalue weighted by Gasteiger charge is 1.93. The SMILES string of the molecule is C=C/C=c1/nc(CN)[nH]/c1=C/C. The number of hydrogen-bond acceptors (Lipinski definition) is 2. The van der Waals surface area contributed by atoms with E-state index in [1.165, 1.54) is 0 Å². The summed E-state index contributed by atoms with van der Waals surface area (Å²) in [6, 6.07) is 0. The van der Waals surface area contributed by atoms with Gasteiger partial charge in [0.05, 0.1) is 17.2 Å². The van der Waals surface area contributed by atoms with E-state index in [1.807, 2.05) is 19.1 Å². The van der Waals surface area contributed by atoms with Crippen LogP contribution in [0.1, 0.15) is 12.7 Å². The van der Waals surface area contributed by atoms with Gasteiger partial charge in [-0.15, -0.1) is 0 Å². The molecule has 1 heterocycles. The van der Waals surface area contributed by atoms with E-state index in [0.717, 1.165) is 16.5 Å². The van der Waals surface area contributed by atoms with Gasteiger partial charge >= 0.3 is 0 Å². The zero-order valence-corrected chi connectivity index (χ0v) is 7.17. The third-order valence-corrected chi connectivity index (χ3v) is 1.57. The Balaban J connectivity index is 3.37. The fourth-order valence-electron chi connectivity index (χ4n) is 1.01. The molecule has 0 radical (unpaired) electrons. The molecule has 1 aromatic heterocycles. The summed E-state index contributed by atoms with van der Waals surface area (Å²) in [6.07, 6.45) is 5.52. The van der Waals surface area contributed by atoms with Crippen molar-refractivity contribution in [1.82, 2.24) is 9.97 Å². The molecule has 0 spiro atoms. The molecule has 3 heteroatoms. The van der Waals surface area contributed by atoms with Crippen LogP contribution in [0.5, 0.6) is 0 Å². The van der Waals surface area contributed by atoms with Gasteiger partial charge in [0.2, 0.25) is 0 Å². The van der Waals surface area contributed by atoms with E-state index in [0.29, 0.717) is 6.54 Å². The maximum Gasteiger partial charge on any atom is 0.121 e. The fourth-order valence-corrected chi connectivity index (χ4v) is 1.01. The number of nitrogens with two attached hydrogens (primary N) is 1. The van der Waals surface area contributed by atoms with Gasteiger partial charge in [0.15, 0.2) is 0 Å². The van der Waals surface area contributed by atoms with Crippen molar-refractivity contribution in [3.63, 3.8) is 0 Å². The summed E-state index contributed by atoms with van der Waals surface area (Å²) in [5, 5.41) is 1.89. The lowest BCUT2D eigenvalue weighted by molar-refractivity contribution is 0.942. The van der Waals surface area contributed by atoms with Crippen molar-refractivity contribution in [3.8, 4) is 0 Å². The number of H-pyrrole nitrogens is 1. The first-order valence-electron chi connectivity index (χ1n) is 3.86. The Morgan fingerprint density at radius 3 is 2.92 bits per heavy atom. The highest BCUT2D eigenvalue weighted by molar-refractivity contribution is 5.34. The average molecular weight is 163 g/mol. The number of aromatic nitrogens is 2. The standard InChI is InChI=1S/C9H13N3/c1-3-5-8-7(4-2)11-9(6-10)12-8/h3-5H,1,6,10H2,2H3,(H,11,12)/b7-4+,8-5+. The summed E-state index contributed by atoms with van der Waals surface area (Å²) in [5.74, 6) is 0.802. The third kappa shape index (κ3) is 1.62. The summed E-state index contributed by atoms with van der Waals surface area (Å²) in [6.45, 7) is 6.00. The largest absolute Gasteiger partial charge is 0.341 e. The Morgan fingerprint density at radius 1 is 1.67 bits per heavy atom.